The summed E-state index contributed by atoms with van der Waals surface area (Å²) in [6.45, 7) is 8.47. The molecular weight excluding hydrogens is 328 g/mol. The number of ether oxygens (including phenoxy) is 3. The Hall–Kier alpha value is -1.46. The maximum atomic E-state index is 5.60. The quantitative estimate of drug-likeness (QED) is 0.775. The average molecular weight is 365 g/mol. The molecule has 2 fully saturated rings. The van der Waals surface area contributed by atoms with E-state index in [0.29, 0.717) is 0 Å². The van der Waals surface area contributed by atoms with Crippen LogP contribution in [0.3, 0.4) is 0 Å². The van der Waals surface area contributed by atoms with E-state index in [9.17, 15) is 0 Å². The van der Waals surface area contributed by atoms with E-state index in [1.165, 1.54) is 57.4 Å². The van der Waals surface area contributed by atoms with Crippen molar-refractivity contribution in [2.24, 2.45) is 5.92 Å². The number of hydrogen-bond acceptors (Lipinski definition) is 3. The Bertz CT molecular complexity index is 585. The lowest BCUT2D eigenvalue weighted by molar-refractivity contribution is -1.03. The number of nitrogens with one attached hydrogen (secondary N) is 2. The zero-order valence-corrected chi connectivity index (χ0v) is 16.9. The Kier molecular flexibility index (Phi) is 6.65. The Labute approximate surface area is 158 Å². The highest BCUT2D eigenvalue weighted by molar-refractivity contribution is 5.50. The molecule has 2 atom stereocenters. The molecule has 3 rings (SSSR count). The highest BCUT2D eigenvalue weighted by Gasteiger charge is 2.32. The number of benzene rings is 1. The number of quaternary nitrogens is 2. The van der Waals surface area contributed by atoms with Crippen LogP contribution in [0, 0.1) is 5.92 Å². The Balaban J connectivity index is 1.60. The van der Waals surface area contributed by atoms with Crippen LogP contribution in [0.15, 0.2) is 12.1 Å². The molecule has 2 N–H and O–H groups in total. The zero-order valence-electron chi connectivity index (χ0n) is 16.9. The summed E-state index contributed by atoms with van der Waals surface area (Å²) >= 11 is 0. The third kappa shape index (κ3) is 4.44. The van der Waals surface area contributed by atoms with Gasteiger partial charge < -0.3 is 24.0 Å². The lowest BCUT2D eigenvalue weighted by Crippen LogP contribution is -3.29. The molecule has 0 spiro atoms. The van der Waals surface area contributed by atoms with Gasteiger partial charge in [-0.1, -0.05) is 13.3 Å². The second-order valence-electron chi connectivity index (χ2n) is 8.07. The lowest BCUT2D eigenvalue weighted by Gasteiger charge is -2.37. The Morgan fingerprint density at radius 2 is 1.54 bits per heavy atom. The molecule has 26 heavy (non-hydrogen) atoms. The van der Waals surface area contributed by atoms with E-state index in [1.807, 2.05) is 11.0 Å². The topological polar surface area (TPSA) is 36.6 Å². The van der Waals surface area contributed by atoms with Gasteiger partial charge in [-0.2, -0.15) is 0 Å². The van der Waals surface area contributed by atoms with Gasteiger partial charge in [0.2, 0.25) is 0 Å². The number of methoxy groups -OCH3 is 3. The summed E-state index contributed by atoms with van der Waals surface area (Å²) in [4.78, 5) is 3.49. The van der Waals surface area contributed by atoms with Gasteiger partial charge in [0.15, 0.2) is 11.5 Å². The third-order valence-corrected chi connectivity index (χ3v) is 6.34. The molecule has 146 valence electrons. The van der Waals surface area contributed by atoms with Crippen molar-refractivity contribution in [3.05, 3.63) is 17.7 Å². The van der Waals surface area contributed by atoms with Crippen molar-refractivity contribution in [1.29, 1.82) is 0 Å². The molecule has 1 aliphatic heterocycles. The number of hydrogen-bond donors (Lipinski definition) is 2. The van der Waals surface area contributed by atoms with E-state index in [-0.39, 0.29) is 0 Å². The minimum atomic E-state index is 0.726. The normalized spacial score (nSPS) is 29.2. The van der Waals surface area contributed by atoms with Crippen molar-refractivity contribution >= 4 is 0 Å². The molecule has 2 aliphatic rings. The van der Waals surface area contributed by atoms with E-state index < -0.39 is 0 Å². The van der Waals surface area contributed by atoms with Crippen LogP contribution in [-0.2, 0) is 6.54 Å². The van der Waals surface area contributed by atoms with Gasteiger partial charge >= 0.3 is 0 Å². The van der Waals surface area contributed by atoms with Gasteiger partial charge in [0.25, 0.3) is 0 Å². The summed E-state index contributed by atoms with van der Waals surface area (Å²) in [5, 5.41) is 0. The summed E-state index contributed by atoms with van der Waals surface area (Å²) in [7, 11) is 5.08. The second-order valence-corrected chi connectivity index (χ2v) is 8.07. The molecule has 1 aromatic carbocycles. The maximum absolute atomic E-state index is 5.60. The summed E-state index contributed by atoms with van der Waals surface area (Å²) in [6.07, 6.45) is 5.71. The van der Waals surface area contributed by atoms with Crippen molar-refractivity contribution in [3.63, 3.8) is 0 Å². The number of rotatable bonds is 6. The first kappa shape index (κ1) is 19.3. The van der Waals surface area contributed by atoms with Gasteiger partial charge in [0.05, 0.1) is 32.9 Å². The van der Waals surface area contributed by atoms with E-state index in [2.05, 4.69) is 13.0 Å². The Morgan fingerprint density at radius 3 is 2.15 bits per heavy atom. The van der Waals surface area contributed by atoms with Crippen LogP contribution in [0.1, 0.15) is 38.2 Å². The van der Waals surface area contributed by atoms with Crippen molar-refractivity contribution in [2.45, 2.75) is 45.2 Å². The minimum absolute atomic E-state index is 0.726. The molecule has 1 saturated carbocycles. The van der Waals surface area contributed by atoms with Crippen molar-refractivity contribution in [1.82, 2.24) is 0 Å². The monoisotopic (exact) mass is 364 g/mol. The molecule has 5 heteroatoms. The first-order chi connectivity index (χ1) is 12.6. The second kappa shape index (κ2) is 8.96. The molecule has 1 aromatic rings. The van der Waals surface area contributed by atoms with Crippen LogP contribution < -0.4 is 24.0 Å². The zero-order chi connectivity index (χ0) is 18.5. The van der Waals surface area contributed by atoms with Gasteiger partial charge in [0.1, 0.15) is 38.5 Å². The fourth-order valence-electron chi connectivity index (χ4n) is 4.81. The molecule has 0 radical (unpaired) electrons. The lowest BCUT2D eigenvalue weighted by atomic mass is 9.86. The summed E-state index contributed by atoms with van der Waals surface area (Å²) in [6, 6.07) is 4.92. The predicted molar refractivity (Wildman–Crippen MR) is 103 cm³/mol. The first-order valence-corrected chi connectivity index (χ1v) is 10.1. The fraction of sp³-hybridized carbons (Fsp3) is 0.714. The van der Waals surface area contributed by atoms with Crippen LogP contribution >= 0.6 is 0 Å². The number of piperazine rings is 1. The largest absolute Gasteiger partial charge is 0.496 e. The average Bonchev–Trinajstić information content (AvgIpc) is 2.68. The summed E-state index contributed by atoms with van der Waals surface area (Å²) in [5.74, 6) is 3.32. The van der Waals surface area contributed by atoms with Crippen LogP contribution in [0.4, 0.5) is 0 Å². The van der Waals surface area contributed by atoms with Crippen LogP contribution in [0.2, 0.25) is 0 Å². The summed E-state index contributed by atoms with van der Waals surface area (Å²) in [5.41, 5.74) is 1.20. The van der Waals surface area contributed by atoms with Crippen LogP contribution in [0.25, 0.3) is 0 Å². The standard InChI is InChI=1S/C21H34N2O3/c1-16-6-5-7-18(12-16)23-10-8-22(9-11-23)15-17-13-20(25-3)21(26-4)14-19(17)24-2/h13-14,16,18H,5-12,15H2,1-4H3/p+2/t16-,18+/m0/s1. The van der Waals surface area contributed by atoms with Gasteiger partial charge in [0, 0.05) is 12.5 Å². The maximum Gasteiger partial charge on any atom is 0.164 e. The van der Waals surface area contributed by atoms with Crippen LogP contribution in [0.5, 0.6) is 17.2 Å². The van der Waals surface area contributed by atoms with Crippen molar-refractivity contribution < 1.29 is 24.0 Å². The fourth-order valence-corrected chi connectivity index (χ4v) is 4.81. The third-order valence-electron chi connectivity index (χ3n) is 6.34. The molecule has 1 saturated heterocycles. The van der Waals surface area contributed by atoms with E-state index in [4.69, 9.17) is 14.2 Å². The van der Waals surface area contributed by atoms with E-state index in [0.717, 1.165) is 35.8 Å². The van der Waals surface area contributed by atoms with Crippen LogP contribution in [-0.4, -0.2) is 53.6 Å². The molecule has 0 amide bonds. The van der Waals surface area contributed by atoms with Crippen molar-refractivity contribution in [3.8, 4) is 17.2 Å². The Morgan fingerprint density at radius 1 is 0.885 bits per heavy atom. The first-order valence-electron chi connectivity index (χ1n) is 10.1. The van der Waals surface area contributed by atoms with Gasteiger partial charge in [-0.3, -0.25) is 0 Å². The highest BCUT2D eigenvalue weighted by Crippen LogP contribution is 2.34. The molecule has 0 unspecified atom stereocenters. The van der Waals surface area contributed by atoms with E-state index >= 15 is 0 Å². The smallest absolute Gasteiger partial charge is 0.164 e. The van der Waals surface area contributed by atoms with Gasteiger partial charge in [-0.25, -0.2) is 0 Å². The molecule has 5 nitrogen and oxygen atoms in total. The van der Waals surface area contributed by atoms with Gasteiger partial charge in [-0.15, -0.1) is 0 Å². The summed E-state index contributed by atoms with van der Waals surface area (Å²) < 4.78 is 16.5. The molecule has 1 aliphatic carbocycles. The molecule has 0 aromatic heterocycles. The van der Waals surface area contributed by atoms with Gasteiger partial charge in [-0.05, 0) is 24.8 Å². The molecular formula is C21H36N2O3+2. The molecule has 0 bridgehead atoms. The predicted octanol–water partition coefficient (Wildman–Crippen LogP) is 0.575. The van der Waals surface area contributed by atoms with E-state index in [1.54, 1.807) is 26.2 Å². The minimum Gasteiger partial charge on any atom is -0.496 e. The SMILES string of the molecule is COc1cc(OC)c(OC)cc1C[NH+]1CC[NH+]([C@@H]2CCC[C@H](C)C2)CC1. The molecule has 1 heterocycles. The van der Waals surface area contributed by atoms with Crippen molar-refractivity contribution in [2.75, 3.05) is 47.5 Å². The highest BCUT2D eigenvalue weighted by atomic mass is 16.5.